The molecule has 0 saturated heterocycles. The van der Waals surface area contributed by atoms with Crippen molar-refractivity contribution in [3.05, 3.63) is 12.2 Å². The molecule has 112 valence electrons. The van der Waals surface area contributed by atoms with E-state index in [-0.39, 0.29) is 0 Å². The van der Waals surface area contributed by atoms with Gasteiger partial charge in [0.05, 0.1) is 6.54 Å². The number of aryl methyl sites for hydroxylation is 1. The van der Waals surface area contributed by atoms with Gasteiger partial charge in [-0.25, -0.2) is 0 Å². The molecule has 0 bridgehead atoms. The number of aliphatic imine (C=N–C) groups is 1. The second-order valence-corrected chi connectivity index (χ2v) is 5.18. The van der Waals surface area contributed by atoms with Crippen molar-refractivity contribution >= 4 is 5.96 Å². The van der Waals surface area contributed by atoms with Crippen molar-refractivity contribution in [3.63, 3.8) is 0 Å². The molecule has 0 aromatic carbocycles. The summed E-state index contributed by atoms with van der Waals surface area (Å²) in [5.41, 5.74) is 0. The molecule has 0 aliphatic heterocycles. The van der Waals surface area contributed by atoms with Crippen LogP contribution < -0.4 is 10.6 Å². The molecular formula is C14H26N6. The van der Waals surface area contributed by atoms with Crippen LogP contribution in [0.2, 0.25) is 0 Å². The van der Waals surface area contributed by atoms with Gasteiger partial charge in [-0.2, -0.15) is 0 Å². The van der Waals surface area contributed by atoms with E-state index in [9.17, 15) is 0 Å². The van der Waals surface area contributed by atoms with E-state index in [0.717, 1.165) is 37.8 Å². The first-order valence-corrected chi connectivity index (χ1v) is 7.75. The molecule has 1 aromatic heterocycles. The largest absolute Gasteiger partial charge is 0.357 e. The van der Waals surface area contributed by atoms with Gasteiger partial charge in [0, 0.05) is 25.6 Å². The SMILES string of the molecule is CCNC(=NCCn1cnnc1CC)NC1CCCC1. The van der Waals surface area contributed by atoms with Crippen molar-refractivity contribution < 1.29 is 0 Å². The van der Waals surface area contributed by atoms with Crippen LogP contribution in [0.4, 0.5) is 0 Å². The molecule has 6 heteroatoms. The first kappa shape index (κ1) is 14.8. The van der Waals surface area contributed by atoms with Crippen LogP contribution in [0.15, 0.2) is 11.3 Å². The summed E-state index contributed by atoms with van der Waals surface area (Å²) in [6.45, 7) is 6.66. The number of rotatable bonds is 6. The van der Waals surface area contributed by atoms with Gasteiger partial charge in [0.2, 0.25) is 0 Å². The molecule has 2 rings (SSSR count). The molecule has 0 radical (unpaired) electrons. The van der Waals surface area contributed by atoms with E-state index < -0.39 is 0 Å². The van der Waals surface area contributed by atoms with E-state index in [1.165, 1.54) is 25.7 Å². The molecule has 0 unspecified atom stereocenters. The van der Waals surface area contributed by atoms with Gasteiger partial charge in [0.1, 0.15) is 12.2 Å². The summed E-state index contributed by atoms with van der Waals surface area (Å²) in [7, 11) is 0. The third-order valence-electron chi connectivity index (χ3n) is 3.66. The van der Waals surface area contributed by atoms with Crippen molar-refractivity contribution in [1.29, 1.82) is 0 Å². The summed E-state index contributed by atoms with van der Waals surface area (Å²) in [5, 5.41) is 14.9. The maximum atomic E-state index is 4.65. The lowest BCUT2D eigenvalue weighted by atomic mass is 10.2. The fourth-order valence-corrected chi connectivity index (χ4v) is 2.59. The molecule has 0 atom stereocenters. The number of guanidine groups is 1. The first-order valence-electron chi connectivity index (χ1n) is 7.75. The second kappa shape index (κ2) is 7.87. The Bertz CT molecular complexity index is 419. The van der Waals surface area contributed by atoms with Crippen LogP contribution in [0.5, 0.6) is 0 Å². The Labute approximate surface area is 121 Å². The van der Waals surface area contributed by atoms with Gasteiger partial charge in [-0.3, -0.25) is 4.99 Å². The predicted octanol–water partition coefficient (Wildman–Crippen LogP) is 1.34. The minimum absolute atomic E-state index is 0.592. The molecule has 0 spiro atoms. The molecule has 1 heterocycles. The molecule has 1 fully saturated rings. The Morgan fingerprint density at radius 1 is 1.40 bits per heavy atom. The molecule has 0 amide bonds. The van der Waals surface area contributed by atoms with Gasteiger partial charge < -0.3 is 15.2 Å². The van der Waals surface area contributed by atoms with Crippen molar-refractivity contribution in [2.45, 2.75) is 58.5 Å². The minimum Gasteiger partial charge on any atom is -0.357 e. The zero-order chi connectivity index (χ0) is 14.2. The zero-order valence-electron chi connectivity index (χ0n) is 12.6. The highest BCUT2D eigenvalue weighted by molar-refractivity contribution is 5.80. The fraction of sp³-hybridized carbons (Fsp3) is 0.786. The summed E-state index contributed by atoms with van der Waals surface area (Å²) in [5.74, 6) is 1.96. The Hall–Kier alpha value is -1.59. The van der Waals surface area contributed by atoms with E-state index in [2.05, 4.69) is 44.2 Å². The van der Waals surface area contributed by atoms with Gasteiger partial charge in [-0.1, -0.05) is 19.8 Å². The number of nitrogens with one attached hydrogen (secondary N) is 2. The highest BCUT2D eigenvalue weighted by Crippen LogP contribution is 2.17. The highest BCUT2D eigenvalue weighted by atomic mass is 15.3. The molecule has 6 nitrogen and oxygen atoms in total. The third-order valence-corrected chi connectivity index (χ3v) is 3.66. The van der Waals surface area contributed by atoms with E-state index in [0.29, 0.717) is 6.04 Å². The summed E-state index contributed by atoms with van der Waals surface area (Å²) in [6, 6.07) is 0.592. The average molecular weight is 278 g/mol. The highest BCUT2D eigenvalue weighted by Gasteiger charge is 2.15. The van der Waals surface area contributed by atoms with E-state index in [1.54, 1.807) is 6.33 Å². The number of hydrogen-bond donors (Lipinski definition) is 2. The smallest absolute Gasteiger partial charge is 0.191 e. The molecule has 2 N–H and O–H groups in total. The topological polar surface area (TPSA) is 67.1 Å². The third kappa shape index (κ3) is 4.21. The number of nitrogens with zero attached hydrogens (tertiary/aromatic N) is 4. The fourth-order valence-electron chi connectivity index (χ4n) is 2.59. The van der Waals surface area contributed by atoms with Gasteiger partial charge >= 0.3 is 0 Å². The predicted molar refractivity (Wildman–Crippen MR) is 80.8 cm³/mol. The van der Waals surface area contributed by atoms with Crippen LogP contribution in [-0.2, 0) is 13.0 Å². The van der Waals surface area contributed by atoms with Crippen molar-refractivity contribution in [2.75, 3.05) is 13.1 Å². The lowest BCUT2D eigenvalue weighted by Gasteiger charge is -2.16. The quantitative estimate of drug-likeness (QED) is 0.609. The minimum atomic E-state index is 0.592. The Morgan fingerprint density at radius 3 is 2.90 bits per heavy atom. The summed E-state index contributed by atoms with van der Waals surface area (Å²) >= 11 is 0. The maximum Gasteiger partial charge on any atom is 0.191 e. The molecule has 1 saturated carbocycles. The van der Waals surface area contributed by atoms with Crippen LogP contribution >= 0.6 is 0 Å². The summed E-state index contributed by atoms with van der Waals surface area (Å²) in [6.07, 6.45) is 7.87. The van der Waals surface area contributed by atoms with Gasteiger partial charge in [0.15, 0.2) is 5.96 Å². The molecule has 20 heavy (non-hydrogen) atoms. The van der Waals surface area contributed by atoms with Crippen molar-refractivity contribution in [2.24, 2.45) is 4.99 Å². The average Bonchev–Trinajstić information content (AvgIpc) is 3.10. The van der Waals surface area contributed by atoms with Crippen molar-refractivity contribution in [1.82, 2.24) is 25.4 Å². The lowest BCUT2D eigenvalue weighted by molar-refractivity contribution is 0.608. The van der Waals surface area contributed by atoms with Crippen LogP contribution in [0.3, 0.4) is 0 Å². The molecular weight excluding hydrogens is 252 g/mol. The van der Waals surface area contributed by atoms with E-state index >= 15 is 0 Å². The maximum absolute atomic E-state index is 4.65. The van der Waals surface area contributed by atoms with Gasteiger partial charge in [-0.05, 0) is 19.8 Å². The van der Waals surface area contributed by atoms with Crippen LogP contribution in [0, 0.1) is 0 Å². The molecule has 1 aliphatic carbocycles. The normalized spacial score (nSPS) is 16.6. The van der Waals surface area contributed by atoms with Gasteiger partial charge in [-0.15, -0.1) is 10.2 Å². The van der Waals surface area contributed by atoms with Crippen LogP contribution in [-0.4, -0.2) is 39.9 Å². The first-order chi connectivity index (χ1) is 9.83. The van der Waals surface area contributed by atoms with Crippen LogP contribution in [0.1, 0.15) is 45.4 Å². The second-order valence-electron chi connectivity index (χ2n) is 5.18. The zero-order valence-corrected chi connectivity index (χ0v) is 12.6. The lowest BCUT2D eigenvalue weighted by Crippen LogP contribution is -2.42. The van der Waals surface area contributed by atoms with E-state index in [1.807, 2.05) is 0 Å². The van der Waals surface area contributed by atoms with Crippen LogP contribution in [0.25, 0.3) is 0 Å². The molecule has 1 aliphatic rings. The number of hydrogen-bond acceptors (Lipinski definition) is 3. The monoisotopic (exact) mass is 278 g/mol. The molecule has 1 aromatic rings. The number of aromatic nitrogens is 3. The van der Waals surface area contributed by atoms with Crippen molar-refractivity contribution in [3.8, 4) is 0 Å². The Kier molecular flexibility index (Phi) is 5.83. The summed E-state index contributed by atoms with van der Waals surface area (Å²) in [4.78, 5) is 4.65. The Balaban J connectivity index is 1.84. The van der Waals surface area contributed by atoms with E-state index in [4.69, 9.17) is 0 Å². The standard InChI is InChI=1S/C14H26N6/c1-3-13-19-17-11-20(13)10-9-16-14(15-4-2)18-12-7-5-6-8-12/h11-12H,3-10H2,1-2H3,(H2,15,16,18). The Morgan fingerprint density at radius 2 is 2.20 bits per heavy atom. The van der Waals surface area contributed by atoms with Gasteiger partial charge in [0.25, 0.3) is 0 Å². The summed E-state index contributed by atoms with van der Waals surface area (Å²) < 4.78 is 2.07.